The third-order valence-corrected chi connectivity index (χ3v) is 4.49. The Hall–Kier alpha value is -3.81. The van der Waals surface area contributed by atoms with Gasteiger partial charge in [0.25, 0.3) is 5.91 Å². The first-order chi connectivity index (χ1) is 13.3. The summed E-state index contributed by atoms with van der Waals surface area (Å²) in [7, 11) is 1.45. The van der Waals surface area contributed by atoms with Gasteiger partial charge in [-0.25, -0.2) is 4.79 Å². The van der Waals surface area contributed by atoms with Crippen LogP contribution < -0.4 is 20.5 Å². The summed E-state index contributed by atoms with van der Waals surface area (Å²) in [4.78, 5) is 26.9. The van der Waals surface area contributed by atoms with Gasteiger partial charge in [-0.05, 0) is 49.2 Å². The number of methoxy groups -OCH3 is 1. The standard InChI is InChI=1S/C20H19N3O5/c1-10-11(2)16(5-4-14(10)23-20(25)26)28-17-6-7-22-15-9-18(27-3)13(19(21)24)8-12(15)17/h4-9,23H,1-3H3,(H2,21,24)(H,25,26). The van der Waals surface area contributed by atoms with Crippen molar-refractivity contribution in [2.45, 2.75) is 13.8 Å². The molecule has 0 saturated carbocycles. The predicted molar refractivity (Wildman–Crippen MR) is 104 cm³/mol. The molecule has 0 aliphatic carbocycles. The molecule has 0 spiro atoms. The molecule has 28 heavy (non-hydrogen) atoms. The first kappa shape index (κ1) is 19.0. The minimum absolute atomic E-state index is 0.224. The summed E-state index contributed by atoms with van der Waals surface area (Å²) < 4.78 is 11.3. The van der Waals surface area contributed by atoms with Gasteiger partial charge in [-0.15, -0.1) is 0 Å². The lowest BCUT2D eigenvalue weighted by Crippen LogP contribution is -2.12. The van der Waals surface area contributed by atoms with Crippen molar-refractivity contribution in [1.82, 2.24) is 4.98 Å². The van der Waals surface area contributed by atoms with E-state index in [1.54, 1.807) is 43.5 Å². The van der Waals surface area contributed by atoms with E-state index in [2.05, 4.69) is 10.3 Å². The second-order valence-electron chi connectivity index (χ2n) is 6.14. The number of anilines is 1. The molecule has 0 aliphatic rings. The molecule has 4 N–H and O–H groups in total. The summed E-state index contributed by atoms with van der Waals surface area (Å²) in [6.07, 6.45) is 0.452. The Morgan fingerprint density at radius 3 is 2.46 bits per heavy atom. The van der Waals surface area contributed by atoms with Gasteiger partial charge in [-0.2, -0.15) is 0 Å². The highest BCUT2D eigenvalue weighted by molar-refractivity contribution is 6.01. The van der Waals surface area contributed by atoms with Crippen LogP contribution in [0.25, 0.3) is 10.9 Å². The van der Waals surface area contributed by atoms with Gasteiger partial charge < -0.3 is 20.3 Å². The summed E-state index contributed by atoms with van der Waals surface area (Å²) in [6, 6.07) is 8.20. The van der Waals surface area contributed by atoms with Crippen molar-refractivity contribution >= 4 is 28.6 Å². The number of pyridine rings is 1. The van der Waals surface area contributed by atoms with Crippen molar-refractivity contribution in [1.29, 1.82) is 0 Å². The third-order valence-electron chi connectivity index (χ3n) is 4.49. The molecule has 0 unspecified atom stereocenters. The van der Waals surface area contributed by atoms with Crippen molar-refractivity contribution in [3.8, 4) is 17.2 Å². The Morgan fingerprint density at radius 2 is 1.82 bits per heavy atom. The van der Waals surface area contributed by atoms with Gasteiger partial charge in [0.15, 0.2) is 0 Å². The molecule has 144 valence electrons. The largest absolute Gasteiger partial charge is 0.496 e. The van der Waals surface area contributed by atoms with Crippen molar-refractivity contribution in [2.24, 2.45) is 5.73 Å². The van der Waals surface area contributed by atoms with Gasteiger partial charge in [-0.1, -0.05) is 0 Å². The molecule has 0 aliphatic heterocycles. The normalized spacial score (nSPS) is 10.5. The van der Waals surface area contributed by atoms with Crippen LogP contribution in [-0.4, -0.2) is 29.2 Å². The van der Waals surface area contributed by atoms with E-state index in [0.29, 0.717) is 33.8 Å². The van der Waals surface area contributed by atoms with Crippen LogP contribution in [0.4, 0.5) is 10.5 Å². The first-order valence-corrected chi connectivity index (χ1v) is 8.36. The van der Waals surface area contributed by atoms with Crippen LogP contribution in [0, 0.1) is 13.8 Å². The zero-order valence-electron chi connectivity index (χ0n) is 15.6. The fourth-order valence-corrected chi connectivity index (χ4v) is 2.87. The molecule has 3 rings (SSSR count). The Balaban J connectivity index is 2.08. The van der Waals surface area contributed by atoms with Crippen LogP contribution in [0.5, 0.6) is 17.2 Å². The SMILES string of the molecule is COc1cc2nccc(Oc3ccc(NC(=O)O)c(C)c3C)c2cc1C(N)=O. The molecule has 8 nitrogen and oxygen atoms in total. The molecule has 8 heteroatoms. The molecule has 2 aromatic carbocycles. The first-order valence-electron chi connectivity index (χ1n) is 8.36. The molecule has 1 heterocycles. The van der Waals surface area contributed by atoms with Gasteiger partial charge in [0.2, 0.25) is 0 Å². The van der Waals surface area contributed by atoms with Crippen molar-refractivity contribution in [2.75, 3.05) is 12.4 Å². The maximum absolute atomic E-state index is 11.7. The number of carbonyl (C=O) groups is 2. The average Bonchev–Trinajstić information content (AvgIpc) is 2.66. The molecule has 0 saturated heterocycles. The van der Waals surface area contributed by atoms with Crippen LogP contribution in [0.15, 0.2) is 36.5 Å². The van der Waals surface area contributed by atoms with Gasteiger partial charge in [0, 0.05) is 23.3 Å². The Labute approximate surface area is 160 Å². The van der Waals surface area contributed by atoms with Gasteiger partial charge in [0.05, 0.1) is 18.2 Å². The maximum Gasteiger partial charge on any atom is 0.409 e. The molecule has 2 amide bonds. The van der Waals surface area contributed by atoms with E-state index >= 15 is 0 Å². The number of rotatable bonds is 5. The summed E-state index contributed by atoms with van der Waals surface area (Å²) in [6.45, 7) is 3.63. The molecule has 0 radical (unpaired) electrons. The lowest BCUT2D eigenvalue weighted by Gasteiger charge is -2.15. The highest BCUT2D eigenvalue weighted by Gasteiger charge is 2.16. The summed E-state index contributed by atoms with van der Waals surface area (Å²) in [5.41, 5.74) is 8.26. The highest BCUT2D eigenvalue weighted by Crippen LogP contribution is 2.36. The number of carboxylic acid groups (broad SMARTS) is 1. The molecular weight excluding hydrogens is 362 g/mol. The van der Waals surface area contributed by atoms with E-state index < -0.39 is 12.0 Å². The smallest absolute Gasteiger partial charge is 0.409 e. The molecule has 0 fully saturated rings. The lowest BCUT2D eigenvalue weighted by atomic mass is 10.1. The number of fused-ring (bicyclic) bond motifs is 1. The molecule has 0 bridgehead atoms. The van der Waals surface area contributed by atoms with Crippen molar-refractivity contribution in [3.05, 3.63) is 53.2 Å². The summed E-state index contributed by atoms with van der Waals surface area (Å²) >= 11 is 0. The van der Waals surface area contributed by atoms with E-state index in [4.69, 9.17) is 20.3 Å². The number of nitrogens with zero attached hydrogens (tertiary/aromatic N) is 1. The topological polar surface area (TPSA) is 124 Å². The molecule has 1 aromatic heterocycles. The van der Waals surface area contributed by atoms with E-state index in [-0.39, 0.29) is 5.56 Å². The minimum atomic E-state index is -1.13. The monoisotopic (exact) mass is 381 g/mol. The summed E-state index contributed by atoms with van der Waals surface area (Å²) in [5, 5.41) is 11.9. The van der Waals surface area contributed by atoms with E-state index in [1.165, 1.54) is 7.11 Å². The van der Waals surface area contributed by atoms with Crippen LogP contribution in [0.3, 0.4) is 0 Å². The van der Waals surface area contributed by atoms with E-state index in [1.807, 2.05) is 6.92 Å². The third kappa shape index (κ3) is 3.52. The number of amides is 2. The number of ether oxygens (including phenoxy) is 2. The van der Waals surface area contributed by atoms with Crippen LogP contribution in [0.1, 0.15) is 21.5 Å². The van der Waals surface area contributed by atoms with Gasteiger partial charge in [-0.3, -0.25) is 15.1 Å². The van der Waals surface area contributed by atoms with Crippen LogP contribution in [0.2, 0.25) is 0 Å². The molecule has 0 atom stereocenters. The number of aromatic nitrogens is 1. The zero-order valence-corrected chi connectivity index (χ0v) is 15.6. The Kier molecular flexibility index (Phi) is 5.04. The molecular formula is C20H19N3O5. The van der Waals surface area contributed by atoms with Gasteiger partial charge in [0.1, 0.15) is 17.2 Å². The number of hydrogen-bond donors (Lipinski definition) is 3. The minimum Gasteiger partial charge on any atom is -0.496 e. The average molecular weight is 381 g/mol. The molecule has 3 aromatic rings. The number of nitrogens with one attached hydrogen (secondary N) is 1. The quantitative estimate of drug-likeness (QED) is 0.617. The van der Waals surface area contributed by atoms with Gasteiger partial charge >= 0.3 is 6.09 Å². The zero-order chi connectivity index (χ0) is 20.4. The fraction of sp³-hybridized carbons (Fsp3) is 0.150. The van der Waals surface area contributed by atoms with Crippen LogP contribution >= 0.6 is 0 Å². The Morgan fingerprint density at radius 1 is 1.07 bits per heavy atom. The second kappa shape index (κ2) is 7.43. The van der Waals surface area contributed by atoms with E-state index in [0.717, 1.165) is 11.1 Å². The number of hydrogen-bond acceptors (Lipinski definition) is 5. The summed E-state index contributed by atoms with van der Waals surface area (Å²) in [5.74, 6) is 0.749. The highest BCUT2D eigenvalue weighted by atomic mass is 16.5. The Bertz CT molecular complexity index is 1090. The van der Waals surface area contributed by atoms with E-state index in [9.17, 15) is 9.59 Å². The number of nitrogens with two attached hydrogens (primary N) is 1. The lowest BCUT2D eigenvalue weighted by molar-refractivity contribution is 0.0997. The van der Waals surface area contributed by atoms with Crippen molar-refractivity contribution < 1.29 is 24.2 Å². The maximum atomic E-state index is 11.7. The fourth-order valence-electron chi connectivity index (χ4n) is 2.87. The predicted octanol–water partition coefficient (Wildman–Crippen LogP) is 3.84. The number of carbonyl (C=O) groups excluding carboxylic acids is 1. The van der Waals surface area contributed by atoms with Crippen molar-refractivity contribution in [3.63, 3.8) is 0 Å². The van der Waals surface area contributed by atoms with Crippen LogP contribution in [-0.2, 0) is 0 Å². The second-order valence-corrected chi connectivity index (χ2v) is 6.14. The number of benzene rings is 2. The number of primary amides is 1.